The number of sulfone groups is 1. The Kier molecular flexibility index (Phi) is 9.98. The van der Waals surface area contributed by atoms with Gasteiger partial charge in [-0.05, 0) is 73.3 Å². The number of nitrogens with one attached hydrogen (secondary N) is 2. The Bertz CT molecular complexity index is 1740. The number of carbonyl (C=O) groups excluding carboxylic acids is 2. The predicted molar refractivity (Wildman–Crippen MR) is 166 cm³/mol. The molecule has 0 saturated heterocycles. The standard InChI is InChI=1S/C29H29Cl2N3O6S2/c1-16(2)40-29(37)23(14-18-7-5-9-20(13-18)42(3,38)39)33-28(36)24-22(30)15-21-26(25(24)31)41-34-27(21)32-11-10-17-6-4-8-19(35)12-17/h4-9,12-13,15-16,23,35H,10-11,14H2,1-3H3,(H,32,34)(H,33,36)/t23-/m0/s1. The van der Waals surface area contributed by atoms with Crippen LogP contribution < -0.4 is 10.6 Å². The number of amides is 1. The van der Waals surface area contributed by atoms with E-state index < -0.39 is 33.9 Å². The summed E-state index contributed by atoms with van der Waals surface area (Å²) in [6.45, 7) is 3.89. The van der Waals surface area contributed by atoms with Crippen LogP contribution in [0.3, 0.4) is 0 Å². The number of ether oxygens (including phenoxy) is 1. The molecular formula is C29H29Cl2N3O6S2. The number of rotatable bonds is 11. The molecular weight excluding hydrogens is 621 g/mol. The number of hydrogen-bond donors (Lipinski definition) is 3. The van der Waals surface area contributed by atoms with Crippen molar-refractivity contribution in [3.8, 4) is 5.75 Å². The molecule has 0 radical (unpaired) electrons. The number of phenolic OH excluding ortho intramolecular Hbond substituents is 1. The summed E-state index contributed by atoms with van der Waals surface area (Å²) in [5.41, 5.74) is 1.44. The quantitative estimate of drug-likeness (QED) is 0.177. The first kappa shape index (κ1) is 31.6. The molecule has 4 aromatic rings. The van der Waals surface area contributed by atoms with Gasteiger partial charge in [0.15, 0.2) is 9.84 Å². The number of esters is 1. The molecule has 0 fully saturated rings. The maximum Gasteiger partial charge on any atom is 0.329 e. The summed E-state index contributed by atoms with van der Waals surface area (Å²) in [6, 6.07) is 13.6. The van der Waals surface area contributed by atoms with Gasteiger partial charge in [-0.15, -0.1) is 0 Å². The maximum absolute atomic E-state index is 13.5. The first-order valence-electron chi connectivity index (χ1n) is 12.9. The van der Waals surface area contributed by atoms with Gasteiger partial charge in [0.05, 0.1) is 31.3 Å². The molecule has 0 aliphatic rings. The van der Waals surface area contributed by atoms with E-state index in [4.69, 9.17) is 27.9 Å². The van der Waals surface area contributed by atoms with E-state index >= 15 is 0 Å². The molecule has 1 aromatic heterocycles. The Morgan fingerprint density at radius 2 is 1.79 bits per heavy atom. The molecule has 0 saturated carbocycles. The zero-order valence-corrected chi connectivity index (χ0v) is 26.1. The highest BCUT2D eigenvalue weighted by molar-refractivity contribution is 7.90. The lowest BCUT2D eigenvalue weighted by molar-refractivity contribution is -0.149. The van der Waals surface area contributed by atoms with E-state index in [1.165, 1.54) is 12.1 Å². The van der Waals surface area contributed by atoms with Crippen molar-refractivity contribution >= 4 is 72.4 Å². The van der Waals surface area contributed by atoms with Gasteiger partial charge >= 0.3 is 5.97 Å². The maximum atomic E-state index is 13.5. The molecule has 1 amide bonds. The number of anilines is 1. The lowest BCUT2D eigenvalue weighted by Crippen LogP contribution is -2.44. The van der Waals surface area contributed by atoms with Gasteiger partial charge < -0.3 is 20.5 Å². The zero-order valence-electron chi connectivity index (χ0n) is 23.0. The number of benzene rings is 3. The number of phenols is 1. The van der Waals surface area contributed by atoms with Crippen LogP contribution in [0, 0.1) is 0 Å². The van der Waals surface area contributed by atoms with Crippen molar-refractivity contribution < 1.29 is 27.9 Å². The molecule has 1 atom stereocenters. The second-order valence-corrected chi connectivity index (χ2v) is 13.5. The van der Waals surface area contributed by atoms with Crippen molar-refractivity contribution in [2.75, 3.05) is 18.1 Å². The van der Waals surface area contributed by atoms with Crippen molar-refractivity contribution in [2.24, 2.45) is 0 Å². The van der Waals surface area contributed by atoms with Crippen LogP contribution in [-0.4, -0.2) is 54.7 Å². The number of hydrogen-bond acceptors (Lipinski definition) is 9. The van der Waals surface area contributed by atoms with Crippen LogP contribution >= 0.6 is 34.7 Å². The molecule has 0 unspecified atom stereocenters. The number of aromatic nitrogens is 1. The van der Waals surface area contributed by atoms with E-state index in [1.807, 2.05) is 6.07 Å². The predicted octanol–water partition coefficient (Wildman–Crippen LogP) is 5.66. The second kappa shape index (κ2) is 13.3. The summed E-state index contributed by atoms with van der Waals surface area (Å²) in [5.74, 6) is -0.635. The van der Waals surface area contributed by atoms with Crippen molar-refractivity contribution in [1.29, 1.82) is 0 Å². The Labute approximate surface area is 257 Å². The van der Waals surface area contributed by atoms with Gasteiger partial charge in [0, 0.05) is 24.6 Å². The summed E-state index contributed by atoms with van der Waals surface area (Å²) in [6.07, 6.45) is 1.26. The lowest BCUT2D eigenvalue weighted by Gasteiger charge is -2.20. The highest BCUT2D eigenvalue weighted by atomic mass is 35.5. The summed E-state index contributed by atoms with van der Waals surface area (Å²) < 4.78 is 34.4. The van der Waals surface area contributed by atoms with Crippen molar-refractivity contribution in [3.63, 3.8) is 0 Å². The molecule has 3 N–H and O–H groups in total. The number of nitrogens with zero attached hydrogens (tertiary/aromatic N) is 1. The smallest absolute Gasteiger partial charge is 0.329 e. The van der Waals surface area contributed by atoms with Gasteiger partial charge in [-0.3, -0.25) is 4.79 Å². The number of carbonyl (C=O) groups is 2. The minimum absolute atomic E-state index is 0.0203. The SMILES string of the molecule is CC(C)OC(=O)[C@H](Cc1cccc(S(C)(=O)=O)c1)NC(=O)c1c(Cl)cc2c(NCCc3cccc(O)c3)nsc2c1Cl. The van der Waals surface area contributed by atoms with E-state index in [2.05, 4.69) is 15.0 Å². The van der Waals surface area contributed by atoms with Crippen molar-refractivity contribution in [2.45, 2.75) is 43.7 Å². The van der Waals surface area contributed by atoms with Crippen LogP contribution in [-0.2, 0) is 32.2 Å². The molecule has 3 aromatic carbocycles. The minimum atomic E-state index is -3.48. The van der Waals surface area contributed by atoms with Gasteiger partial charge in [-0.2, -0.15) is 4.37 Å². The van der Waals surface area contributed by atoms with Gasteiger partial charge in [0.2, 0.25) is 0 Å². The zero-order chi connectivity index (χ0) is 30.6. The van der Waals surface area contributed by atoms with E-state index in [1.54, 1.807) is 50.2 Å². The van der Waals surface area contributed by atoms with E-state index in [9.17, 15) is 23.1 Å². The topological polar surface area (TPSA) is 135 Å². The number of halogens is 2. The van der Waals surface area contributed by atoms with Gasteiger partial charge in [-0.1, -0.05) is 47.5 Å². The Hall–Kier alpha value is -3.38. The van der Waals surface area contributed by atoms with Gasteiger partial charge in [0.25, 0.3) is 5.91 Å². The van der Waals surface area contributed by atoms with Crippen LogP contribution in [0.15, 0.2) is 59.5 Å². The van der Waals surface area contributed by atoms with E-state index in [0.717, 1.165) is 23.4 Å². The van der Waals surface area contributed by atoms with Crippen molar-refractivity contribution in [3.05, 3.63) is 81.3 Å². The third-order valence-electron chi connectivity index (χ3n) is 6.21. The molecule has 13 heteroatoms. The molecule has 0 aliphatic heterocycles. The molecule has 0 spiro atoms. The van der Waals surface area contributed by atoms with Crippen LogP contribution in [0.2, 0.25) is 10.0 Å². The molecule has 9 nitrogen and oxygen atoms in total. The third-order valence-corrected chi connectivity index (χ3v) is 8.99. The van der Waals surface area contributed by atoms with Crippen LogP contribution in [0.4, 0.5) is 5.82 Å². The third kappa shape index (κ3) is 7.71. The normalized spacial score (nSPS) is 12.3. The summed E-state index contributed by atoms with van der Waals surface area (Å²) in [7, 11) is -3.48. The Morgan fingerprint density at radius 1 is 1.07 bits per heavy atom. The Morgan fingerprint density at radius 3 is 2.48 bits per heavy atom. The highest BCUT2D eigenvalue weighted by Crippen LogP contribution is 2.39. The van der Waals surface area contributed by atoms with Gasteiger partial charge in [-0.25, -0.2) is 13.2 Å². The van der Waals surface area contributed by atoms with Gasteiger partial charge in [0.1, 0.15) is 17.6 Å². The average molecular weight is 651 g/mol. The number of fused-ring (bicyclic) bond motifs is 1. The lowest BCUT2D eigenvalue weighted by atomic mass is 10.0. The largest absolute Gasteiger partial charge is 0.508 e. The first-order chi connectivity index (χ1) is 19.8. The average Bonchev–Trinajstić information content (AvgIpc) is 3.30. The fourth-order valence-electron chi connectivity index (χ4n) is 4.26. The first-order valence-corrected chi connectivity index (χ1v) is 16.3. The van der Waals surface area contributed by atoms with Crippen LogP contribution in [0.5, 0.6) is 5.75 Å². The molecule has 42 heavy (non-hydrogen) atoms. The van der Waals surface area contributed by atoms with Crippen LogP contribution in [0.25, 0.3) is 10.1 Å². The molecule has 0 aliphatic carbocycles. The summed E-state index contributed by atoms with van der Waals surface area (Å²) in [5, 5.41) is 16.4. The Balaban J connectivity index is 1.56. The molecule has 1 heterocycles. The second-order valence-electron chi connectivity index (χ2n) is 9.94. The van der Waals surface area contributed by atoms with E-state index in [-0.39, 0.29) is 32.7 Å². The fraction of sp³-hybridized carbons (Fsp3) is 0.276. The highest BCUT2D eigenvalue weighted by Gasteiger charge is 2.28. The summed E-state index contributed by atoms with van der Waals surface area (Å²) in [4.78, 5) is 26.5. The molecule has 222 valence electrons. The molecule has 0 bridgehead atoms. The molecule has 4 rings (SSSR count). The van der Waals surface area contributed by atoms with E-state index in [0.29, 0.717) is 34.4 Å². The van der Waals surface area contributed by atoms with Crippen LogP contribution in [0.1, 0.15) is 35.3 Å². The van der Waals surface area contributed by atoms with Crippen molar-refractivity contribution in [1.82, 2.24) is 9.69 Å². The fourth-order valence-corrected chi connectivity index (χ4v) is 6.46. The minimum Gasteiger partial charge on any atom is -0.508 e. The summed E-state index contributed by atoms with van der Waals surface area (Å²) >= 11 is 14.3. The monoisotopic (exact) mass is 649 g/mol. The number of aromatic hydroxyl groups is 1.